The van der Waals surface area contributed by atoms with Crippen molar-refractivity contribution in [2.75, 3.05) is 7.11 Å². The number of hydrogen-bond donors (Lipinski definition) is 0. The predicted molar refractivity (Wildman–Crippen MR) is 70.8 cm³/mol. The van der Waals surface area contributed by atoms with E-state index in [4.69, 9.17) is 34.8 Å². The molecule has 0 radical (unpaired) electrons. The van der Waals surface area contributed by atoms with E-state index in [1.807, 2.05) is 13.8 Å². The SMILES string of the molecule is COC(=O)c1cc(C(=O)C(Cl)(Cl)Cl)cn1C(C)C. The van der Waals surface area contributed by atoms with Gasteiger partial charge in [-0.1, -0.05) is 34.8 Å². The Bertz CT molecular complexity index is 474. The molecule has 0 aromatic carbocycles. The molecular formula is C11H12Cl3NO3. The smallest absolute Gasteiger partial charge is 0.354 e. The lowest BCUT2D eigenvalue weighted by Crippen LogP contribution is -2.18. The molecule has 0 saturated carbocycles. The predicted octanol–water partition coefficient (Wildman–Crippen LogP) is 3.41. The highest BCUT2D eigenvalue weighted by Gasteiger charge is 2.33. The molecule has 0 bridgehead atoms. The van der Waals surface area contributed by atoms with Crippen molar-refractivity contribution in [1.29, 1.82) is 0 Å². The fourth-order valence-electron chi connectivity index (χ4n) is 1.46. The zero-order valence-corrected chi connectivity index (χ0v) is 12.3. The molecule has 1 rings (SSSR count). The fraction of sp³-hybridized carbons (Fsp3) is 0.455. The van der Waals surface area contributed by atoms with Crippen LogP contribution in [-0.4, -0.2) is 27.2 Å². The number of ketones is 1. The Morgan fingerprint density at radius 2 is 1.89 bits per heavy atom. The third-order valence-corrected chi connectivity index (χ3v) is 2.83. The van der Waals surface area contributed by atoms with Crippen molar-refractivity contribution >= 4 is 46.6 Å². The quantitative estimate of drug-likeness (QED) is 0.488. The van der Waals surface area contributed by atoms with Crippen molar-refractivity contribution in [3.05, 3.63) is 23.5 Å². The Hall–Kier alpha value is -0.710. The molecule has 0 aliphatic heterocycles. The Labute approximate surface area is 120 Å². The number of rotatable bonds is 3. The number of ether oxygens (including phenoxy) is 1. The van der Waals surface area contributed by atoms with E-state index in [0.717, 1.165) is 0 Å². The number of methoxy groups -OCH3 is 1. The van der Waals surface area contributed by atoms with Crippen LogP contribution in [0.25, 0.3) is 0 Å². The van der Waals surface area contributed by atoms with E-state index in [9.17, 15) is 9.59 Å². The van der Waals surface area contributed by atoms with Crippen LogP contribution in [0.2, 0.25) is 0 Å². The van der Waals surface area contributed by atoms with Crippen molar-refractivity contribution in [1.82, 2.24) is 4.57 Å². The maximum atomic E-state index is 11.8. The second-order valence-electron chi connectivity index (χ2n) is 3.93. The number of Topliss-reactive ketones (excluding diaryl/α,β-unsaturated/α-hetero) is 1. The normalized spacial score (nSPS) is 11.7. The molecule has 1 aromatic rings. The minimum absolute atomic E-state index is 0.0315. The molecule has 0 amide bonds. The van der Waals surface area contributed by atoms with Gasteiger partial charge >= 0.3 is 5.97 Å². The van der Waals surface area contributed by atoms with Crippen LogP contribution in [0.1, 0.15) is 40.7 Å². The van der Waals surface area contributed by atoms with Gasteiger partial charge in [-0.2, -0.15) is 0 Å². The standard InChI is InChI=1S/C11H12Cl3NO3/c1-6(2)15-5-7(9(16)11(12,13)14)4-8(15)10(17)18-3/h4-6H,1-3H3. The van der Waals surface area contributed by atoms with Crippen LogP contribution >= 0.6 is 34.8 Å². The molecule has 1 aromatic heterocycles. The molecule has 0 aliphatic rings. The van der Waals surface area contributed by atoms with Crippen LogP contribution in [-0.2, 0) is 4.74 Å². The van der Waals surface area contributed by atoms with Gasteiger partial charge in [0.15, 0.2) is 0 Å². The minimum Gasteiger partial charge on any atom is -0.464 e. The van der Waals surface area contributed by atoms with E-state index in [1.165, 1.54) is 19.4 Å². The summed E-state index contributed by atoms with van der Waals surface area (Å²) in [6, 6.07) is 1.33. The van der Waals surface area contributed by atoms with E-state index >= 15 is 0 Å². The lowest BCUT2D eigenvalue weighted by atomic mass is 10.2. The summed E-state index contributed by atoms with van der Waals surface area (Å²) in [4.78, 5) is 23.4. The molecule has 7 heteroatoms. The van der Waals surface area contributed by atoms with Gasteiger partial charge in [0.05, 0.1) is 7.11 Å². The van der Waals surface area contributed by atoms with Crippen molar-refractivity contribution in [3.8, 4) is 0 Å². The van der Waals surface area contributed by atoms with Gasteiger partial charge in [0.1, 0.15) is 5.69 Å². The molecule has 1 heterocycles. The van der Waals surface area contributed by atoms with Gasteiger partial charge in [-0.15, -0.1) is 0 Å². The maximum Gasteiger partial charge on any atom is 0.354 e. The Balaban J connectivity index is 3.27. The summed E-state index contributed by atoms with van der Waals surface area (Å²) in [6.07, 6.45) is 1.47. The number of nitrogens with zero attached hydrogens (tertiary/aromatic N) is 1. The molecule has 100 valence electrons. The third-order valence-electron chi connectivity index (χ3n) is 2.32. The Kier molecular flexibility index (Phi) is 4.70. The second kappa shape index (κ2) is 5.51. The zero-order chi connectivity index (χ0) is 14.1. The summed E-state index contributed by atoms with van der Waals surface area (Å²) in [6.45, 7) is 3.71. The van der Waals surface area contributed by atoms with Gasteiger partial charge in [0, 0.05) is 17.8 Å². The van der Waals surface area contributed by atoms with Gasteiger partial charge in [-0.3, -0.25) is 4.79 Å². The molecule has 0 saturated heterocycles. The van der Waals surface area contributed by atoms with Gasteiger partial charge in [0.2, 0.25) is 5.78 Å². The van der Waals surface area contributed by atoms with E-state index < -0.39 is 15.5 Å². The average molecular weight is 313 g/mol. The van der Waals surface area contributed by atoms with Crippen LogP contribution in [0.4, 0.5) is 0 Å². The zero-order valence-electron chi connectivity index (χ0n) is 10.0. The molecule has 18 heavy (non-hydrogen) atoms. The van der Waals surface area contributed by atoms with Crippen molar-refractivity contribution in [3.63, 3.8) is 0 Å². The Morgan fingerprint density at radius 3 is 2.28 bits per heavy atom. The third kappa shape index (κ3) is 3.19. The number of carbonyl (C=O) groups excluding carboxylic acids is 2. The van der Waals surface area contributed by atoms with Gasteiger partial charge in [0.25, 0.3) is 3.79 Å². The number of alkyl halides is 3. The Morgan fingerprint density at radius 1 is 1.33 bits per heavy atom. The molecular weight excluding hydrogens is 300 g/mol. The molecule has 0 unspecified atom stereocenters. The van der Waals surface area contributed by atoms with Crippen molar-refractivity contribution in [2.45, 2.75) is 23.7 Å². The summed E-state index contributed by atoms with van der Waals surface area (Å²) in [5, 5.41) is 0. The first-order valence-corrected chi connectivity index (χ1v) is 6.23. The number of hydrogen-bond acceptors (Lipinski definition) is 3. The van der Waals surface area contributed by atoms with E-state index in [-0.39, 0.29) is 17.3 Å². The molecule has 0 atom stereocenters. The molecule has 0 spiro atoms. The molecule has 4 nitrogen and oxygen atoms in total. The summed E-state index contributed by atoms with van der Waals surface area (Å²) >= 11 is 16.6. The number of esters is 1. The van der Waals surface area contributed by atoms with E-state index in [1.54, 1.807) is 4.57 Å². The summed E-state index contributed by atoms with van der Waals surface area (Å²) in [7, 11) is 1.26. The second-order valence-corrected chi connectivity index (χ2v) is 6.21. The van der Waals surface area contributed by atoms with Gasteiger partial charge < -0.3 is 9.30 Å². The minimum atomic E-state index is -2.05. The average Bonchev–Trinajstić information content (AvgIpc) is 2.70. The van der Waals surface area contributed by atoms with Crippen LogP contribution in [0.5, 0.6) is 0 Å². The van der Waals surface area contributed by atoms with Crippen molar-refractivity contribution < 1.29 is 14.3 Å². The fourth-order valence-corrected chi connectivity index (χ4v) is 1.79. The lowest BCUT2D eigenvalue weighted by Gasteiger charge is -2.10. The molecule has 0 aliphatic carbocycles. The lowest BCUT2D eigenvalue weighted by molar-refractivity contribution is 0.0586. The van der Waals surface area contributed by atoms with Crippen molar-refractivity contribution in [2.24, 2.45) is 0 Å². The molecule has 0 N–H and O–H groups in total. The first kappa shape index (κ1) is 15.3. The largest absolute Gasteiger partial charge is 0.464 e. The number of halogens is 3. The highest BCUT2D eigenvalue weighted by Crippen LogP contribution is 2.31. The topological polar surface area (TPSA) is 48.3 Å². The maximum absolute atomic E-state index is 11.8. The van der Waals surface area contributed by atoms with Crippen LogP contribution in [0.15, 0.2) is 12.3 Å². The first-order valence-electron chi connectivity index (χ1n) is 5.10. The molecule has 0 fully saturated rings. The van der Waals surface area contributed by atoms with Crippen LogP contribution < -0.4 is 0 Å². The highest BCUT2D eigenvalue weighted by molar-refractivity contribution is 6.77. The number of aromatic nitrogens is 1. The van der Waals surface area contributed by atoms with Gasteiger partial charge in [-0.25, -0.2) is 4.79 Å². The van der Waals surface area contributed by atoms with Gasteiger partial charge in [-0.05, 0) is 19.9 Å². The van der Waals surface area contributed by atoms with Crippen LogP contribution in [0.3, 0.4) is 0 Å². The number of carbonyl (C=O) groups is 2. The monoisotopic (exact) mass is 311 g/mol. The van der Waals surface area contributed by atoms with Crippen LogP contribution in [0, 0.1) is 0 Å². The van der Waals surface area contributed by atoms with E-state index in [2.05, 4.69) is 4.74 Å². The summed E-state index contributed by atoms with van der Waals surface area (Å²) in [5.41, 5.74) is 0.397. The highest BCUT2D eigenvalue weighted by atomic mass is 35.6. The van der Waals surface area contributed by atoms with E-state index in [0.29, 0.717) is 0 Å². The summed E-state index contributed by atoms with van der Waals surface area (Å²) in [5.74, 6) is -1.23. The summed E-state index contributed by atoms with van der Waals surface area (Å²) < 4.78 is 4.18. The first-order chi connectivity index (χ1) is 8.18.